The number of carbonyl (C=O) groups is 1. The average Bonchev–Trinajstić information content (AvgIpc) is 1.88. The summed E-state index contributed by atoms with van der Waals surface area (Å²) in [6, 6.07) is 0.685. The maximum absolute atomic E-state index is 9.60. The van der Waals surface area contributed by atoms with Gasteiger partial charge in [-0.3, -0.25) is 0 Å². The van der Waals surface area contributed by atoms with Crippen LogP contribution in [0.15, 0.2) is 12.2 Å². The van der Waals surface area contributed by atoms with Crippen LogP contribution in [0.25, 0.3) is 0 Å². The van der Waals surface area contributed by atoms with Gasteiger partial charge in [-0.15, -0.1) is 12.4 Å². The maximum Gasteiger partial charge on any atom is 0.330 e. The lowest BCUT2D eigenvalue weighted by molar-refractivity contribution is -0.132. The van der Waals surface area contributed by atoms with Gasteiger partial charge in [-0.2, -0.15) is 0 Å². The molecule has 0 unspecified atom stereocenters. The molecule has 80 valence electrons. The summed E-state index contributed by atoms with van der Waals surface area (Å²) in [4.78, 5) is 11.8. The van der Waals surface area contributed by atoms with E-state index in [9.17, 15) is 4.79 Å². The number of hydrogen-bond acceptors (Lipinski definition) is 2. The highest BCUT2D eigenvalue weighted by Gasteiger charge is 1.90. The summed E-state index contributed by atoms with van der Waals surface area (Å²) in [6.07, 6.45) is 0. The largest absolute Gasteiger partial charge is 0.478 e. The summed E-state index contributed by atoms with van der Waals surface area (Å²) in [5.41, 5.74) is 0.176. The van der Waals surface area contributed by atoms with Gasteiger partial charge in [0, 0.05) is 11.6 Å². The monoisotopic (exact) mass is 209 g/mol. The van der Waals surface area contributed by atoms with Crippen LogP contribution in [0.1, 0.15) is 20.8 Å². The van der Waals surface area contributed by atoms with E-state index in [2.05, 4.69) is 39.4 Å². The van der Waals surface area contributed by atoms with Gasteiger partial charge in [0.15, 0.2) is 0 Å². The third kappa shape index (κ3) is 18.4. The van der Waals surface area contributed by atoms with E-state index in [0.717, 1.165) is 0 Å². The lowest BCUT2D eigenvalue weighted by atomic mass is 10.4. The Kier molecular flexibility index (Phi) is 13.4. The van der Waals surface area contributed by atoms with E-state index in [1.54, 1.807) is 0 Å². The molecule has 0 fully saturated rings. The molecule has 0 amide bonds. The van der Waals surface area contributed by atoms with E-state index in [1.807, 2.05) is 0 Å². The zero-order chi connectivity index (χ0) is 10.3. The van der Waals surface area contributed by atoms with Crippen molar-refractivity contribution in [3.8, 4) is 0 Å². The van der Waals surface area contributed by atoms with Crippen molar-refractivity contribution in [2.75, 3.05) is 14.1 Å². The van der Waals surface area contributed by atoms with Crippen LogP contribution >= 0.6 is 12.4 Å². The predicted octanol–water partition coefficient (Wildman–Crippen LogP) is 2.03. The number of rotatable bonds is 2. The van der Waals surface area contributed by atoms with Crippen LogP contribution < -0.4 is 0 Å². The van der Waals surface area contributed by atoms with Crippen LogP contribution in [-0.4, -0.2) is 36.1 Å². The average molecular weight is 210 g/mol. The minimum Gasteiger partial charge on any atom is -0.478 e. The number of carboxylic acids is 1. The molecule has 0 spiro atoms. The summed E-state index contributed by atoms with van der Waals surface area (Å²) >= 11 is 0. The van der Waals surface area contributed by atoms with Crippen LogP contribution in [0.4, 0.5) is 0 Å². The quantitative estimate of drug-likeness (QED) is 0.708. The van der Waals surface area contributed by atoms with Gasteiger partial charge in [0.1, 0.15) is 0 Å². The predicted molar refractivity (Wildman–Crippen MR) is 58.5 cm³/mol. The zero-order valence-corrected chi connectivity index (χ0v) is 9.81. The van der Waals surface area contributed by atoms with Gasteiger partial charge in [-0.05, 0) is 34.9 Å². The normalized spacial score (nSPS) is 8.54. The molecule has 0 aromatic heterocycles. The molecule has 0 rings (SSSR count). The molecule has 0 radical (unpaired) electrons. The number of halogens is 1. The van der Waals surface area contributed by atoms with Crippen LogP contribution in [0.5, 0.6) is 0 Å². The highest BCUT2D eigenvalue weighted by molar-refractivity contribution is 5.85. The molecule has 0 aliphatic rings. The number of nitrogens with zero attached hydrogens (tertiary/aromatic N) is 1. The number of aliphatic carboxylic acids is 1. The Labute approximate surface area is 86.8 Å². The van der Waals surface area contributed by atoms with Crippen LogP contribution in [0, 0.1) is 0 Å². The van der Waals surface area contributed by atoms with Gasteiger partial charge in [0.05, 0.1) is 0 Å². The third-order valence-corrected chi connectivity index (χ3v) is 1.40. The Bertz CT molecular complexity index is 138. The van der Waals surface area contributed by atoms with E-state index in [4.69, 9.17) is 5.11 Å². The van der Waals surface area contributed by atoms with E-state index in [1.165, 1.54) is 6.92 Å². The van der Waals surface area contributed by atoms with Crippen LogP contribution in [0.3, 0.4) is 0 Å². The molecule has 0 aliphatic carbocycles. The van der Waals surface area contributed by atoms with Gasteiger partial charge < -0.3 is 10.0 Å². The zero-order valence-electron chi connectivity index (χ0n) is 9.00. The lowest BCUT2D eigenvalue weighted by Gasteiger charge is -2.12. The minimum absolute atomic E-state index is 0. The van der Waals surface area contributed by atoms with Gasteiger partial charge >= 0.3 is 5.97 Å². The van der Waals surface area contributed by atoms with Crippen molar-refractivity contribution >= 4 is 18.4 Å². The summed E-state index contributed by atoms with van der Waals surface area (Å²) in [7, 11) is 4.15. The van der Waals surface area contributed by atoms with E-state index in [0.29, 0.717) is 6.04 Å². The fourth-order valence-electron chi connectivity index (χ4n) is 0. The van der Waals surface area contributed by atoms with Crippen molar-refractivity contribution in [1.82, 2.24) is 4.90 Å². The Hall–Kier alpha value is -0.540. The Morgan fingerprint density at radius 2 is 1.54 bits per heavy atom. The molecule has 1 N–H and O–H groups in total. The molecule has 0 heterocycles. The van der Waals surface area contributed by atoms with Gasteiger partial charge in [0.2, 0.25) is 0 Å². The van der Waals surface area contributed by atoms with Crippen molar-refractivity contribution in [2.45, 2.75) is 26.8 Å². The highest BCUT2D eigenvalue weighted by Crippen LogP contribution is 1.84. The van der Waals surface area contributed by atoms with Gasteiger partial charge in [0.25, 0.3) is 0 Å². The molecule has 0 saturated carbocycles. The molecular weight excluding hydrogens is 190 g/mol. The first-order valence-electron chi connectivity index (χ1n) is 3.84. The third-order valence-electron chi connectivity index (χ3n) is 1.40. The minimum atomic E-state index is -0.935. The highest BCUT2D eigenvalue weighted by atomic mass is 35.5. The summed E-state index contributed by atoms with van der Waals surface area (Å²) in [6.45, 7) is 8.94. The second-order valence-corrected chi connectivity index (χ2v) is 3.14. The first kappa shape index (κ1) is 18.3. The van der Waals surface area contributed by atoms with Gasteiger partial charge in [-0.1, -0.05) is 6.58 Å². The molecule has 0 aromatic rings. The standard InChI is InChI=1S/C5H13N.C4H6O2.ClH/c1-5(2)6(3)4;1-3(2)4(5)6;/h5H,1-4H3;1H2,2H3,(H,5,6);1H. The van der Waals surface area contributed by atoms with E-state index in [-0.39, 0.29) is 18.0 Å². The summed E-state index contributed by atoms with van der Waals surface area (Å²) in [5, 5.41) is 7.89. The second kappa shape index (κ2) is 9.55. The van der Waals surface area contributed by atoms with Crippen LogP contribution in [-0.2, 0) is 4.79 Å². The molecule has 4 heteroatoms. The first-order chi connectivity index (χ1) is 5.29. The fourth-order valence-corrected chi connectivity index (χ4v) is 0. The lowest BCUT2D eigenvalue weighted by Crippen LogP contribution is -2.20. The second-order valence-electron chi connectivity index (χ2n) is 3.14. The summed E-state index contributed by atoms with van der Waals surface area (Å²) in [5.74, 6) is -0.935. The van der Waals surface area contributed by atoms with E-state index < -0.39 is 5.97 Å². The smallest absolute Gasteiger partial charge is 0.330 e. The number of carboxylic acid groups (broad SMARTS) is 1. The van der Waals surface area contributed by atoms with Gasteiger partial charge in [-0.25, -0.2) is 4.79 Å². The Morgan fingerprint density at radius 3 is 1.54 bits per heavy atom. The molecule has 13 heavy (non-hydrogen) atoms. The van der Waals surface area contributed by atoms with Crippen molar-refractivity contribution < 1.29 is 9.90 Å². The van der Waals surface area contributed by atoms with Crippen LogP contribution in [0.2, 0.25) is 0 Å². The van der Waals surface area contributed by atoms with Crippen molar-refractivity contribution in [3.63, 3.8) is 0 Å². The maximum atomic E-state index is 9.60. The Morgan fingerprint density at radius 1 is 1.38 bits per heavy atom. The SMILES string of the molecule is C=C(C)C(=O)O.CC(C)N(C)C.Cl. The van der Waals surface area contributed by atoms with E-state index >= 15 is 0 Å². The summed E-state index contributed by atoms with van der Waals surface area (Å²) < 4.78 is 0. The molecule has 0 aliphatic heterocycles. The van der Waals surface area contributed by atoms with Crippen molar-refractivity contribution in [2.24, 2.45) is 0 Å². The Balaban J connectivity index is -0.000000143. The fraction of sp³-hybridized carbons (Fsp3) is 0.667. The van der Waals surface area contributed by atoms with Crippen molar-refractivity contribution in [3.05, 3.63) is 12.2 Å². The molecule has 0 atom stereocenters. The molecule has 0 aromatic carbocycles. The molecule has 3 nitrogen and oxygen atoms in total. The molecule has 0 saturated heterocycles. The first-order valence-corrected chi connectivity index (χ1v) is 3.84. The molecule has 0 bridgehead atoms. The van der Waals surface area contributed by atoms with Crippen molar-refractivity contribution in [1.29, 1.82) is 0 Å². The molecular formula is C9H20ClNO2. The topological polar surface area (TPSA) is 40.5 Å². The number of hydrogen-bond donors (Lipinski definition) is 1.